The summed E-state index contributed by atoms with van der Waals surface area (Å²) in [6.07, 6.45) is 1.19. The van der Waals surface area contributed by atoms with Gasteiger partial charge in [0.15, 0.2) is 9.84 Å². The van der Waals surface area contributed by atoms with Gasteiger partial charge in [-0.3, -0.25) is 4.79 Å². The molecule has 0 aromatic heterocycles. The van der Waals surface area contributed by atoms with E-state index in [2.05, 4.69) is 5.32 Å². The molecule has 0 fully saturated rings. The first kappa shape index (κ1) is 15.7. The second-order valence-electron chi connectivity index (χ2n) is 5.27. The van der Waals surface area contributed by atoms with E-state index in [0.29, 0.717) is 17.0 Å². The Kier molecular flexibility index (Phi) is 5.11. The molecule has 0 saturated heterocycles. The number of carbonyl (C=O) groups excluding carboxylic acids is 1. The summed E-state index contributed by atoms with van der Waals surface area (Å²) >= 11 is 0. The Balaban J connectivity index is 2.74. The topological polar surface area (TPSA) is 63.2 Å². The quantitative estimate of drug-likeness (QED) is 0.899. The summed E-state index contributed by atoms with van der Waals surface area (Å²) in [6.45, 7) is 6.04. The molecule has 1 N–H and O–H groups in total. The standard InChI is InChI=1S/C14H21NO3S/c1-10(2)11(3)15-14(16)13-7-5-12(6-8-13)9-19(4,17)18/h5-8,10-11H,9H2,1-4H3,(H,15,16). The molecule has 1 rings (SSSR count). The molecule has 0 aliphatic rings. The Morgan fingerprint density at radius 2 is 1.68 bits per heavy atom. The Morgan fingerprint density at radius 1 is 1.16 bits per heavy atom. The van der Waals surface area contributed by atoms with Crippen LogP contribution < -0.4 is 5.32 Å². The predicted octanol–water partition coefficient (Wildman–Crippen LogP) is 2.01. The molecule has 1 atom stereocenters. The number of hydrogen-bond acceptors (Lipinski definition) is 3. The molecular weight excluding hydrogens is 262 g/mol. The van der Waals surface area contributed by atoms with E-state index < -0.39 is 9.84 Å². The lowest BCUT2D eigenvalue weighted by atomic mass is 10.1. The van der Waals surface area contributed by atoms with Crippen LogP contribution in [0.25, 0.3) is 0 Å². The van der Waals surface area contributed by atoms with Crippen molar-refractivity contribution in [1.82, 2.24) is 5.32 Å². The maximum absolute atomic E-state index is 11.9. The van der Waals surface area contributed by atoms with Gasteiger partial charge in [-0.2, -0.15) is 0 Å². The number of hydrogen-bond donors (Lipinski definition) is 1. The fraction of sp³-hybridized carbons (Fsp3) is 0.500. The fourth-order valence-electron chi connectivity index (χ4n) is 1.51. The van der Waals surface area contributed by atoms with Crippen molar-refractivity contribution in [3.8, 4) is 0 Å². The molecule has 1 amide bonds. The summed E-state index contributed by atoms with van der Waals surface area (Å²) in [5, 5.41) is 2.91. The molecule has 0 radical (unpaired) electrons. The van der Waals surface area contributed by atoms with Crippen molar-refractivity contribution in [3.05, 3.63) is 35.4 Å². The summed E-state index contributed by atoms with van der Waals surface area (Å²) in [4.78, 5) is 11.9. The molecule has 0 bridgehead atoms. The number of benzene rings is 1. The SMILES string of the molecule is CC(C)C(C)NC(=O)c1ccc(CS(C)(=O)=O)cc1. The number of amides is 1. The third-order valence-electron chi connectivity index (χ3n) is 3.00. The van der Waals surface area contributed by atoms with Crippen LogP contribution in [0, 0.1) is 5.92 Å². The molecule has 0 aliphatic carbocycles. The third kappa shape index (κ3) is 5.42. The molecule has 4 nitrogen and oxygen atoms in total. The first-order chi connectivity index (χ1) is 8.69. The van der Waals surface area contributed by atoms with Crippen molar-refractivity contribution in [3.63, 3.8) is 0 Å². The molecule has 106 valence electrons. The van der Waals surface area contributed by atoms with Crippen molar-refractivity contribution in [2.75, 3.05) is 6.26 Å². The summed E-state index contributed by atoms with van der Waals surface area (Å²) in [7, 11) is -3.04. The van der Waals surface area contributed by atoms with Gasteiger partial charge in [-0.15, -0.1) is 0 Å². The van der Waals surface area contributed by atoms with Gasteiger partial charge in [0.2, 0.25) is 0 Å². The third-order valence-corrected chi connectivity index (χ3v) is 3.86. The fourth-order valence-corrected chi connectivity index (χ4v) is 2.31. The zero-order valence-electron chi connectivity index (χ0n) is 11.8. The minimum absolute atomic E-state index is 0.00268. The lowest BCUT2D eigenvalue weighted by molar-refractivity contribution is 0.0930. The highest BCUT2D eigenvalue weighted by Gasteiger charge is 2.12. The van der Waals surface area contributed by atoms with Crippen LogP contribution in [0.3, 0.4) is 0 Å². The van der Waals surface area contributed by atoms with Gasteiger partial charge in [-0.1, -0.05) is 26.0 Å². The van der Waals surface area contributed by atoms with E-state index >= 15 is 0 Å². The van der Waals surface area contributed by atoms with E-state index in [4.69, 9.17) is 0 Å². The highest BCUT2D eigenvalue weighted by molar-refractivity contribution is 7.89. The van der Waals surface area contributed by atoms with Crippen LogP contribution in [0.5, 0.6) is 0 Å². The molecule has 0 saturated carbocycles. The van der Waals surface area contributed by atoms with Crippen molar-refractivity contribution in [2.45, 2.75) is 32.6 Å². The van der Waals surface area contributed by atoms with Gasteiger partial charge in [0.25, 0.3) is 5.91 Å². The summed E-state index contributed by atoms with van der Waals surface area (Å²) in [5.41, 5.74) is 1.24. The highest BCUT2D eigenvalue weighted by Crippen LogP contribution is 2.09. The van der Waals surface area contributed by atoms with Crippen LogP contribution in [0.2, 0.25) is 0 Å². The van der Waals surface area contributed by atoms with Crippen LogP contribution in [0.4, 0.5) is 0 Å². The van der Waals surface area contributed by atoms with Crippen molar-refractivity contribution >= 4 is 15.7 Å². The lowest BCUT2D eigenvalue weighted by Crippen LogP contribution is -2.36. The van der Waals surface area contributed by atoms with Crippen LogP contribution in [0.15, 0.2) is 24.3 Å². The summed E-state index contributed by atoms with van der Waals surface area (Å²) in [6, 6.07) is 6.76. The van der Waals surface area contributed by atoms with Gasteiger partial charge < -0.3 is 5.32 Å². The number of carbonyl (C=O) groups is 1. The molecule has 0 heterocycles. The number of sulfone groups is 1. The van der Waals surface area contributed by atoms with Gasteiger partial charge in [-0.25, -0.2) is 8.42 Å². The van der Waals surface area contributed by atoms with Gasteiger partial charge >= 0.3 is 0 Å². The van der Waals surface area contributed by atoms with Crippen LogP contribution in [-0.2, 0) is 15.6 Å². The Morgan fingerprint density at radius 3 is 2.11 bits per heavy atom. The van der Waals surface area contributed by atoms with E-state index in [1.807, 2.05) is 20.8 Å². The summed E-state index contributed by atoms with van der Waals surface area (Å²) < 4.78 is 22.3. The smallest absolute Gasteiger partial charge is 0.251 e. The lowest BCUT2D eigenvalue weighted by Gasteiger charge is -2.17. The van der Waals surface area contributed by atoms with Gasteiger partial charge in [-0.05, 0) is 30.5 Å². The van der Waals surface area contributed by atoms with E-state index in [0.717, 1.165) is 0 Å². The molecule has 0 aliphatic heterocycles. The van der Waals surface area contributed by atoms with E-state index in [1.165, 1.54) is 6.26 Å². The first-order valence-electron chi connectivity index (χ1n) is 6.26. The Labute approximate surface area is 115 Å². The molecule has 19 heavy (non-hydrogen) atoms. The van der Waals surface area contributed by atoms with E-state index in [-0.39, 0.29) is 17.7 Å². The van der Waals surface area contributed by atoms with E-state index in [9.17, 15) is 13.2 Å². The highest BCUT2D eigenvalue weighted by atomic mass is 32.2. The van der Waals surface area contributed by atoms with Crippen molar-refractivity contribution in [1.29, 1.82) is 0 Å². The summed E-state index contributed by atoms with van der Waals surface area (Å²) in [5.74, 6) is 0.234. The maximum atomic E-state index is 11.9. The van der Waals surface area contributed by atoms with E-state index in [1.54, 1.807) is 24.3 Å². The molecule has 1 aromatic carbocycles. The van der Waals surface area contributed by atoms with Crippen molar-refractivity contribution < 1.29 is 13.2 Å². The monoisotopic (exact) mass is 283 g/mol. The molecule has 1 unspecified atom stereocenters. The molecule has 1 aromatic rings. The second kappa shape index (κ2) is 6.19. The predicted molar refractivity (Wildman–Crippen MR) is 76.8 cm³/mol. The zero-order valence-corrected chi connectivity index (χ0v) is 12.6. The van der Waals surface area contributed by atoms with Crippen LogP contribution in [-0.4, -0.2) is 26.6 Å². The average Bonchev–Trinajstić information content (AvgIpc) is 2.27. The minimum Gasteiger partial charge on any atom is -0.349 e. The second-order valence-corrected chi connectivity index (χ2v) is 7.41. The Hall–Kier alpha value is -1.36. The first-order valence-corrected chi connectivity index (χ1v) is 8.32. The largest absolute Gasteiger partial charge is 0.349 e. The Bertz CT molecular complexity index is 532. The zero-order chi connectivity index (χ0) is 14.6. The number of nitrogens with one attached hydrogen (secondary N) is 1. The van der Waals surface area contributed by atoms with Crippen LogP contribution in [0.1, 0.15) is 36.7 Å². The normalized spacial score (nSPS) is 13.3. The molecular formula is C14H21NO3S. The van der Waals surface area contributed by atoms with Gasteiger partial charge in [0, 0.05) is 17.9 Å². The average molecular weight is 283 g/mol. The van der Waals surface area contributed by atoms with Gasteiger partial charge in [0.1, 0.15) is 0 Å². The van der Waals surface area contributed by atoms with Crippen LogP contribution >= 0.6 is 0 Å². The van der Waals surface area contributed by atoms with Crippen molar-refractivity contribution in [2.24, 2.45) is 5.92 Å². The minimum atomic E-state index is -3.04. The molecule has 0 spiro atoms. The molecule has 5 heteroatoms. The number of rotatable bonds is 5. The van der Waals surface area contributed by atoms with Gasteiger partial charge in [0.05, 0.1) is 5.75 Å². The maximum Gasteiger partial charge on any atom is 0.251 e.